The molecule has 1 aliphatic carbocycles. The maximum Gasteiger partial charge on any atom is 0.250 e. The van der Waals surface area contributed by atoms with Crippen molar-refractivity contribution in [2.45, 2.75) is 19.3 Å². The third kappa shape index (κ3) is 5.05. The Hall–Kier alpha value is -5.65. The smallest absolute Gasteiger partial charge is 0.250 e. The second-order valence-corrected chi connectivity index (χ2v) is 9.30. The Kier molecular flexibility index (Phi) is 6.78. The van der Waals surface area contributed by atoms with Crippen LogP contribution in [0.5, 0.6) is 5.88 Å². The molecule has 0 atom stereocenters. The van der Waals surface area contributed by atoms with Crippen molar-refractivity contribution in [3.8, 4) is 28.8 Å². The standard InChI is InChI=1S/C22H18N8.C7H8N2O2/c23-20-17(5-2-10-24-20)21-27-18-8-9-19(30-25-11-12-26-30)28-22(18)29(21)16-7-6-14-3-1-4-15(14)13-16;1-11-6-3-2-5(4-9-6)7(8)10/h2,5-13H,1,3-4H2,(H2,23,24);2-4H,1H3,(H2,8,10). The van der Waals surface area contributed by atoms with Gasteiger partial charge in [-0.15, -0.1) is 4.80 Å². The lowest BCUT2D eigenvalue weighted by Gasteiger charge is -2.12. The van der Waals surface area contributed by atoms with Gasteiger partial charge in [0.1, 0.15) is 11.3 Å². The minimum atomic E-state index is -0.486. The molecule has 0 saturated heterocycles. The number of aryl methyl sites for hydroxylation is 2. The molecule has 1 amide bonds. The van der Waals surface area contributed by atoms with Crippen LogP contribution in [-0.4, -0.2) is 52.5 Å². The van der Waals surface area contributed by atoms with Gasteiger partial charge in [0.15, 0.2) is 17.3 Å². The Morgan fingerprint density at radius 2 is 1.76 bits per heavy atom. The molecule has 0 saturated carbocycles. The van der Waals surface area contributed by atoms with Crippen molar-refractivity contribution < 1.29 is 9.53 Å². The molecule has 0 radical (unpaired) electrons. The summed E-state index contributed by atoms with van der Waals surface area (Å²) in [7, 11) is 1.51. The lowest BCUT2D eigenvalue weighted by Crippen LogP contribution is -2.10. The molecule has 41 heavy (non-hydrogen) atoms. The van der Waals surface area contributed by atoms with Crippen LogP contribution in [-0.2, 0) is 12.8 Å². The zero-order valence-electron chi connectivity index (χ0n) is 22.2. The normalized spacial score (nSPS) is 12.0. The molecule has 12 nitrogen and oxygen atoms in total. The third-order valence-electron chi connectivity index (χ3n) is 6.76. The summed E-state index contributed by atoms with van der Waals surface area (Å²) in [6.45, 7) is 0. The van der Waals surface area contributed by atoms with Crippen molar-refractivity contribution >= 4 is 22.9 Å². The van der Waals surface area contributed by atoms with Crippen LogP contribution in [0.2, 0.25) is 0 Å². The van der Waals surface area contributed by atoms with Crippen molar-refractivity contribution in [2.75, 3.05) is 12.8 Å². The second kappa shape index (κ2) is 10.8. The van der Waals surface area contributed by atoms with Crippen molar-refractivity contribution in [1.29, 1.82) is 0 Å². The number of nitrogens with zero attached hydrogens (tertiary/aromatic N) is 8. The third-order valence-corrected chi connectivity index (χ3v) is 6.76. The summed E-state index contributed by atoms with van der Waals surface area (Å²) >= 11 is 0. The summed E-state index contributed by atoms with van der Waals surface area (Å²) in [5.74, 6) is 1.76. The molecule has 0 unspecified atom stereocenters. The molecule has 0 bridgehead atoms. The number of fused-ring (bicyclic) bond motifs is 2. The number of anilines is 1. The Labute approximate surface area is 234 Å². The van der Waals surface area contributed by atoms with Crippen molar-refractivity contribution in [3.05, 3.63) is 96.1 Å². The number of aromatic nitrogens is 8. The first kappa shape index (κ1) is 25.6. The highest BCUT2D eigenvalue weighted by Crippen LogP contribution is 2.32. The molecule has 0 spiro atoms. The van der Waals surface area contributed by atoms with Crippen molar-refractivity contribution in [2.24, 2.45) is 5.73 Å². The van der Waals surface area contributed by atoms with Gasteiger partial charge in [0.05, 0.1) is 30.6 Å². The van der Waals surface area contributed by atoms with Crippen LogP contribution < -0.4 is 16.2 Å². The van der Waals surface area contributed by atoms with E-state index in [1.807, 2.05) is 28.8 Å². The molecule has 7 rings (SSSR count). The summed E-state index contributed by atoms with van der Waals surface area (Å²) < 4.78 is 6.84. The molecule has 5 aromatic heterocycles. The Morgan fingerprint density at radius 3 is 2.49 bits per heavy atom. The number of primary amides is 1. The first-order valence-corrected chi connectivity index (χ1v) is 12.9. The van der Waals surface area contributed by atoms with Gasteiger partial charge in [0, 0.05) is 24.1 Å². The number of carbonyl (C=O) groups is 1. The second-order valence-electron chi connectivity index (χ2n) is 9.30. The van der Waals surface area contributed by atoms with Gasteiger partial charge >= 0.3 is 0 Å². The fraction of sp³-hybridized carbons (Fsp3) is 0.138. The fourth-order valence-corrected chi connectivity index (χ4v) is 4.77. The number of ether oxygens (including phenoxy) is 1. The number of nitrogen functional groups attached to an aromatic ring is 1. The summed E-state index contributed by atoms with van der Waals surface area (Å²) in [5.41, 5.74) is 17.6. The molecule has 1 aliphatic rings. The highest BCUT2D eigenvalue weighted by Gasteiger charge is 2.20. The Balaban J connectivity index is 0.000000233. The average Bonchev–Trinajstić information content (AvgIpc) is 3.77. The van der Waals surface area contributed by atoms with Crippen LogP contribution in [0, 0.1) is 0 Å². The Bertz CT molecular complexity index is 1850. The molecule has 4 N–H and O–H groups in total. The van der Waals surface area contributed by atoms with Gasteiger partial charge in [-0.3, -0.25) is 9.36 Å². The van der Waals surface area contributed by atoms with E-state index in [2.05, 4.69) is 38.4 Å². The molecule has 12 heteroatoms. The van der Waals surface area contributed by atoms with E-state index in [0.717, 1.165) is 35.3 Å². The first-order chi connectivity index (χ1) is 20.0. The number of imidazole rings is 1. The van der Waals surface area contributed by atoms with Gasteiger partial charge in [-0.05, 0) is 72.9 Å². The molecule has 0 fully saturated rings. The van der Waals surface area contributed by atoms with Crippen LogP contribution in [0.15, 0.2) is 79.4 Å². The number of carbonyl (C=O) groups excluding carboxylic acids is 1. The van der Waals surface area contributed by atoms with E-state index in [-0.39, 0.29) is 0 Å². The zero-order chi connectivity index (χ0) is 28.3. The zero-order valence-corrected chi connectivity index (χ0v) is 22.2. The lowest BCUT2D eigenvalue weighted by molar-refractivity contribution is 0.1000. The number of amides is 1. The highest BCUT2D eigenvalue weighted by molar-refractivity contribution is 5.92. The molecule has 5 heterocycles. The van der Waals surface area contributed by atoms with E-state index >= 15 is 0 Å². The molecule has 1 aromatic carbocycles. The van der Waals surface area contributed by atoms with E-state index in [1.54, 1.807) is 30.7 Å². The fourth-order valence-electron chi connectivity index (χ4n) is 4.77. The summed E-state index contributed by atoms with van der Waals surface area (Å²) in [6, 6.07) is 17.3. The average molecular weight is 547 g/mol. The van der Waals surface area contributed by atoms with Crippen molar-refractivity contribution in [1.82, 2.24) is 39.5 Å². The number of methoxy groups -OCH3 is 1. The SMILES string of the molecule is COc1ccc(C(N)=O)cn1.Nc1ncccc1-c1nc2ccc(-n3nccn3)nc2n1-c1ccc2c(c1)CCC2. The predicted molar refractivity (Wildman–Crippen MR) is 153 cm³/mol. The minimum Gasteiger partial charge on any atom is -0.481 e. The van der Waals surface area contributed by atoms with E-state index in [9.17, 15) is 4.79 Å². The van der Waals surface area contributed by atoms with Crippen LogP contribution >= 0.6 is 0 Å². The van der Waals surface area contributed by atoms with Crippen LogP contribution in [0.25, 0.3) is 34.1 Å². The van der Waals surface area contributed by atoms with Crippen molar-refractivity contribution in [3.63, 3.8) is 0 Å². The predicted octanol–water partition coefficient (Wildman–Crippen LogP) is 3.32. The van der Waals surface area contributed by atoms with Gasteiger partial charge in [0.25, 0.3) is 0 Å². The van der Waals surface area contributed by atoms with Gasteiger partial charge < -0.3 is 16.2 Å². The number of nitrogens with two attached hydrogens (primary N) is 2. The first-order valence-electron chi connectivity index (χ1n) is 12.9. The summed E-state index contributed by atoms with van der Waals surface area (Å²) in [6.07, 6.45) is 9.74. The van der Waals surface area contributed by atoms with Gasteiger partial charge in [-0.25, -0.2) is 19.9 Å². The molecule has 204 valence electrons. The quantitative estimate of drug-likeness (QED) is 0.330. The molecular weight excluding hydrogens is 520 g/mol. The number of hydrogen-bond acceptors (Lipinski definition) is 9. The van der Waals surface area contributed by atoms with E-state index in [1.165, 1.54) is 35.7 Å². The largest absolute Gasteiger partial charge is 0.481 e. The maximum atomic E-state index is 10.5. The monoisotopic (exact) mass is 546 g/mol. The summed E-state index contributed by atoms with van der Waals surface area (Å²) in [5, 5.41) is 8.41. The summed E-state index contributed by atoms with van der Waals surface area (Å²) in [4.78, 5) is 29.8. The van der Waals surface area contributed by atoms with E-state index in [0.29, 0.717) is 28.9 Å². The molecular formula is C29H26N10O2. The van der Waals surface area contributed by atoms with Gasteiger partial charge in [0.2, 0.25) is 11.8 Å². The number of rotatable bonds is 5. The van der Waals surface area contributed by atoms with Gasteiger partial charge in [-0.2, -0.15) is 10.2 Å². The van der Waals surface area contributed by atoms with Crippen LogP contribution in [0.3, 0.4) is 0 Å². The minimum absolute atomic E-state index is 0.380. The lowest BCUT2D eigenvalue weighted by atomic mass is 10.1. The Morgan fingerprint density at radius 1 is 0.927 bits per heavy atom. The number of pyridine rings is 3. The van der Waals surface area contributed by atoms with Crippen LogP contribution in [0.4, 0.5) is 5.82 Å². The number of hydrogen-bond donors (Lipinski definition) is 2. The highest BCUT2D eigenvalue weighted by atomic mass is 16.5. The number of benzene rings is 1. The van der Waals surface area contributed by atoms with Gasteiger partial charge in [-0.1, -0.05) is 6.07 Å². The topological polar surface area (TPSA) is 166 Å². The van der Waals surface area contributed by atoms with E-state index < -0.39 is 5.91 Å². The molecule has 0 aliphatic heterocycles. The van der Waals surface area contributed by atoms with E-state index in [4.69, 9.17) is 26.2 Å². The van der Waals surface area contributed by atoms with Crippen LogP contribution in [0.1, 0.15) is 27.9 Å². The molecule has 6 aromatic rings. The maximum absolute atomic E-state index is 10.5.